The molecule has 0 saturated heterocycles. The Labute approximate surface area is 126 Å². The summed E-state index contributed by atoms with van der Waals surface area (Å²) in [5.74, 6) is -1.92. The van der Waals surface area contributed by atoms with Crippen LogP contribution in [0.15, 0.2) is 30.3 Å². The van der Waals surface area contributed by atoms with Gasteiger partial charge in [0.2, 0.25) is 5.66 Å². The molecule has 1 aromatic carbocycles. The minimum absolute atomic E-state index is 0.376. The second kappa shape index (κ2) is 8.88. The number of hydrogen-bond acceptors (Lipinski definition) is 3. The Morgan fingerprint density at radius 1 is 1.33 bits per heavy atom. The second-order valence-electron chi connectivity index (χ2n) is 5.23. The van der Waals surface area contributed by atoms with E-state index in [4.69, 9.17) is 5.73 Å². The van der Waals surface area contributed by atoms with Gasteiger partial charge in [-0.2, -0.15) is 4.89 Å². The smallest absolute Gasteiger partial charge is 0.481 e. The number of rotatable bonds is 9. The summed E-state index contributed by atoms with van der Waals surface area (Å²) in [5, 5.41) is 9.34. The molecule has 116 valence electrons. The number of benzene rings is 1. The largest absolute Gasteiger partial charge is 0.511 e. The number of carboxylic acid groups (broad SMARTS) is 1. The standard InChI is InChI=1S/C15H22NO4P/c1-2-3-9-12(15(17)18)14(21(19)20)13(16)10-11-7-5-4-6-8-11/h4-8,12-14H,2-3,9-10,16H2,1H3,(H-,17,18,19,20)/p+1. The Hall–Kier alpha value is -1.29. The number of hydrogen-bond donors (Lipinski definition) is 3. The van der Waals surface area contributed by atoms with Crippen molar-refractivity contribution in [3.63, 3.8) is 0 Å². The monoisotopic (exact) mass is 312 g/mol. The van der Waals surface area contributed by atoms with Crippen LogP contribution in [0.3, 0.4) is 0 Å². The molecule has 0 amide bonds. The third kappa shape index (κ3) is 5.54. The summed E-state index contributed by atoms with van der Waals surface area (Å²) >= 11 is 0. The lowest BCUT2D eigenvalue weighted by Gasteiger charge is -2.20. The van der Waals surface area contributed by atoms with Gasteiger partial charge < -0.3 is 10.8 Å². The van der Waals surface area contributed by atoms with E-state index in [1.54, 1.807) is 0 Å². The van der Waals surface area contributed by atoms with E-state index in [1.165, 1.54) is 0 Å². The molecule has 5 nitrogen and oxygen atoms in total. The molecule has 0 aromatic heterocycles. The lowest BCUT2D eigenvalue weighted by Crippen LogP contribution is -2.42. The van der Waals surface area contributed by atoms with Gasteiger partial charge in [0.15, 0.2) is 0 Å². The van der Waals surface area contributed by atoms with E-state index in [2.05, 4.69) is 0 Å². The van der Waals surface area contributed by atoms with Gasteiger partial charge in [-0.05, 0) is 23.0 Å². The van der Waals surface area contributed by atoms with Crippen molar-refractivity contribution in [3.8, 4) is 0 Å². The molecule has 0 aliphatic carbocycles. The predicted molar refractivity (Wildman–Crippen MR) is 82.4 cm³/mol. The Morgan fingerprint density at radius 3 is 2.43 bits per heavy atom. The van der Waals surface area contributed by atoms with Crippen LogP contribution in [-0.4, -0.2) is 27.7 Å². The van der Waals surface area contributed by atoms with Crippen molar-refractivity contribution in [2.24, 2.45) is 11.7 Å². The minimum atomic E-state index is -2.64. The summed E-state index contributed by atoms with van der Waals surface area (Å²) in [6, 6.07) is 8.70. The van der Waals surface area contributed by atoms with E-state index in [1.807, 2.05) is 37.3 Å². The molecule has 0 bridgehead atoms. The molecular weight excluding hydrogens is 289 g/mol. The predicted octanol–water partition coefficient (Wildman–Crippen LogP) is 2.55. The first-order valence-electron chi connectivity index (χ1n) is 7.15. The molecule has 0 heterocycles. The maximum absolute atomic E-state index is 11.6. The summed E-state index contributed by atoms with van der Waals surface area (Å²) in [6.45, 7) is 1.96. The Bertz CT molecular complexity index is 466. The maximum atomic E-state index is 11.6. The Balaban J connectivity index is 2.87. The van der Waals surface area contributed by atoms with Gasteiger partial charge in [-0.1, -0.05) is 50.1 Å². The summed E-state index contributed by atoms with van der Waals surface area (Å²) in [6.07, 6.45) is 2.31. The highest BCUT2D eigenvalue weighted by Gasteiger charge is 2.45. The normalized spacial score (nSPS) is 16.0. The van der Waals surface area contributed by atoms with Crippen molar-refractivity contribution in [1.82, 2.24) is 0 Å². The van der Waals surface area contributed by atoms with Gasteiger partial charge in [0.05, 0.1) is 6.04 Å². The molecule has 0 aliphatic rings. The zero-order valence-corrected chi connectivity index (χ0v) is 13.1. The van der Waals surface area contributed by atoms with Gasteiger partial charge >= 0.3 is 14.0 Å². The van der Waals surface area contributed by atoms with E-state index < -0.39 is 31.6 Å². The van der Waals surface area contributed by atoms with Crippen LogP contribution in [-0.2, 0) is 15.8 Å². The first-order valence-corrected chi connectivity index (χ1v) is 8.43. The third-order valence-electron chi connectivity index (χ3n) is 3.61. The molecule has 4 unspecified atom stereocenters. The van der Waals surface area contributed by atoms with Crippen molar-refractivity contribution in [3.05, 3.63) is 35.9 Å². The Morgan fingerprint density at radius 2 is 1.95 bits per heavy atom. The molecule has 4 atom stereocenters. The van der Waals surface area contributed by atoms with Gasteiger partial charge in [-0.15, -0.1) is 0 Å². The van der Waals surface area contributed by atoms with Crippen molar-refractivity contribution in [1.29, 1.82) is 0 Å². The van der Waals surface area contributed by atoms with Crippen LogP contribution < -0.4 is 5.73 Å². The highest BCUT2D eigenvalue weighted by molar-refractivity contribution is 7.39. The number of nitrogens with two attached hydrogens (primary N) is 1. The van der Waals surface area contributed by atoms with Crippen LogP contribution in [0.5, 0.6) is 0 Å². The van der Waals surface area contributed by atoms with Crippen LogP contribution in [0, 0.1) is 5.92 Å². The zero-order valence-electron chi connectivity index (χ0n) is 12.2. The molecule has 6 heteroatoms. The summed E-state index contributed by atoms with van der Waals surface area (Å²) < 4.78 is 11.6. The number of carbonyl (C=O) groups is 1. The van der Waals surface area contributed by atoms with Crippen molar-refractivity contribution < 1.29 is 19.4 Å². The van der Waals surface area contributed by atoms with Gasteiger partial charge in [0.1, 0.15) is 5.92 Å². The van der Waals surface area contributed by atoms with Crippen LogP contribution in [0.1, 0.15) is 31.7 Å². The van der Waals surface area contributed by atoms with E-state index in [0.717, 1.165) is 12.0 Å². The highest BCUT2D eigenvalue weighted by atomic mass is 31.1. The summed E-state index contributed by atoms with van der Waals surface area (Å²) in [7, 11) is -2.64. The van der Waals surface area contributed by atoms with Gasteiger partial charge in [-0.3, -0.25) is 4.79 Å². The second-order valence-corrected chi connectivity index (χ2v) is 6.44. The average Bonchev–Trinajstić information content (AvgIpc) is 2.43. The summed E-state index contributed by atoms with van der Waals surface area (Å²) in [4.78, 5) is 21.0. The summed E-state index contributed by atoms with van der Waals surface area (Å²) in [5.41, 5.74) is 6.06. The van der Waals surface area contributed by atoms with E-state index >= 15 is 0 Å². The lowest BCUT2D eigenvalue weighted by atomic mass is 9.91. The fraction of sp³-hybridized carbons (Fsp3) is 0.533. The first kappa shape index (κ1) is 17.8. The first-order chi connectivity index (χ1) is 9.97. The van der Waals surface area contributed by atoms with Crippen LogP contribution in [0.2, 0.25) is 0 Å². The Kier molecular flexibility index (Phi) is 7.51. The van der Waals surface area contributed by atoms with Crippen molar-refractivity contribution >= 4 is 14.0 Å². The fourth-order valence-corrected chi connectivity index (χ4v) is 3.50. The SMILES string of the molecule is CCCCC(C(=O)O)C(C(N)Cc1ccccc1)[P+](=O)O. The van der Waals surface area contributed by atoms with Crippen LogP contribution >= 0.6 is 8.03 Å². The lowest BCUT2D eigenvalue weighted by molar-refractivity contribution is -0.142. The average molecular weight is 312 g/mol. The highest BCUT2D eigenvalue weighted by Crippen LogP contribution is 2.35. The molecular formula is C15H23NO4P+. The third-order valence-corrected chi connectivity index (χ3v) is 4.86. The number of unbranched alkanes of at least 4 members (excludes halogenated alkanes) is 1. The molecule has 4 N–H and O–H groups in total. The molecule has 1 aromatic rings. The van der Waals surface area contributed by atoms with E-state index in [9.17, 15) is 19.4 Å². The molecule has 0 aliphatic heterocycles. The molecule has 0 radical (unpaired) electrons. The molecule has 21 heavy (non-hydrogen) atoms. The zero-order chi connectivity index (χ0) is 15.8. The van der Waals surface area contributed by atoms with Crippen molar-refractivity contribution in [2.75, 3.05) is 0 Å². The molecule has 0 saturated carbocycles. The topological polar surface area (TPSA) is 101 Å². The number of aliphatic carboxylic acids is 1. The van der Waals surface area contributed by atoms with E-state index in [-0.39, 0.29) is 0 Å². The molecule has 0 fully saturated rings. The minimum Gasteiger partial charge on any atom is -0.481 e. The van der Waals surface area contributed by atoms with Crippen LogP contribution in [0.4, 0.5) is 0 Å². The molecule has 0 spiro atoms. The van der Waals surface area contributed by atoms with Gasteiger partial charge in [-0.25, -0.2) is 0 Å². The fourth-order valence-electron chi connectivity index (χ4n) is 2.49. The van der Waals surface area contributed by atoms with Crippen molar-refractivity contribution in [2.45, 2.75) is 44.3 Å². The quantitative estimate of drug-likeness (QED) is 0.608. The maximum Gasteiger partial charge on any atom is 0.511 e. The molecule has 1 rings (SSSR count). The number of carboxylic acids is 1. The van der Waals surface area contributed by atoms with Gasteiger partial charge in [0, 0.05) is 0 Å². The van der Waals surface area contributed by atoms with Gasteiger partial charge in [0.25, 0.3) is 0 Å². The van der Waals surface area contributed by atoms with E-state index in [0.29, 0.717) is 19.3 Å². The van der Waals surface area contributed by atoms with Crippen LogP contribution in [0.25, 0.3) is 0 Å².